The molecular weight excluding hydrogens is 188 g/mol. The van der Waals surface area contributed by atoms with Gasteiger partial charge in [0.05, 0.1) is 0 Å². The Morgan fingerprint density at radius 3 is 1.64 bits per heavy atom. The Balaban J connectivity index is 3.21. The van der Waals surface area contributed by atoms with Crippen LogP contribution in [0.15, 0.2) is 25.3 Å². The zero-order chi connectivity index (χ0) is 10.8. The predicted octanol–water partition coefficient (Wildman–Crippen LogP) is -0.546. The van der Waals surface area contributed by atoms with E-state index in [1.807, 2.05) is 0 Å². The highest BCUT2D eigenvalue weighted by atomic mass is 16.7. The Bertz CT molecular complexity index is 203. The third-order valence-corrected chi connectivity index (χ3v) is 1.00. The van der Waals surface area contributed by atoms with Crippen LogP contribution in [0.2, 0.25) is 0 Å². The molecule has 0 saturated heterocycles. The van der Waals surface area contributed by atoms with Gasteiger partial charge in [0, 0.05) is 0 Å². The topological polar surface area (TPSA) is 76.7 Å². The van der Waals surface area contributed by atoms with Crippen molar-refractivity contribution in [3.63, 3.8) is 0 Å². The Kier molecular flexibility index (Phi) is 7.02. The van der Waals surface area contributed by atoms with Crippen molar-refractivity contribution in [3.8, 4) is 0 Å². The third kappa shape index (κ3) is 7.01. The van der Waals surface area contributed by atoms with Crippen LogP contribution in [0.25, 0.3) is 0 Å². The third-order valence-electron chi connectivity index (χ3n) is 1.00. The first-order valence-electron chi connectivity index (χ1n) is 3.79. The van der Waals surface area contributed by atoms with Crippen LogP contribution in [-0.4, -0.2) is 25.0 Å². The molecule has 0 aromatic carbocycles. The summed E-state index contributed by atoms with van der Waals surface area (Å²) in [5.74, 6) is -0.889. The van der Waals surface area contributed by atoms with Crippen LogP contribution >= 0.6 is 0 Å². The quantitative estimate of drug-likeness (QED) is 0.328. The summed E-state index contributed by atoms with van der Waals surface area (Å²) in [5, 5.41) is 0. The molecule has 0 aromatic rings. The summed E-state index contributed by atoms with van der Waals surface area (Å²) in [6.45, 7) is 6.65. The first kappa shape index (κ1) is 12.3. The normalized spacial score (nSPS) is 8.86. The van der Waals surface area contributed by atoms with Crippen molar-refractivity contribution in [1.82, 2.24) is 11.0 Å². The van der Waals surface area contributed by atoms with E-state index in [0.717, 1.165) is 12.2 Å². The lowest BCUT2D eigenvalue weighted by atomic mass is 10.6. The summed E-state index contributed by atoms with van der Waals surface area (Å²) >= 11 is 0. The van der Waals surface area contributed by atoms with Gasteiger partial charge in [0.1, 0.15) is 13.2 Å². The Hall–Kier alpha value is -1.66. The van der Waals surface area contributed by atoms with Crippen LogP contribution in [0.1, 0.15) is 0 Å². The summed E-state index contributed by atoms with van der Waals surface area (Å²) in [6.07, 6.45) is 2.14. The highest BCUT2D eigenvalue weighted by Gasteiger charge is 1.94. The zero-order valence-electron chi connectivity index (χ0n) is 7.62. The maximum absolute atomic E-state index is 10.5. The van der Waals surface area contributed by atoms with Gasteiger partial charge in [-0.1, -0.05) is 13.2 Å². The molecule has 0 rings (SSSR count). The maximum Gasteiger partial charge on any atom is 0.266 e. The molecule has 0 saturated carbocycles. The second-order valence-electron chi connectivity index (χ2n) is 2.04. The lowest BCUT2D eigenvalue weighted by Gasteiger charge is -2.04. The number of hydroxylamine groups is 2. The molecule has 2 N–H and O–H groups in total. The lowest BCUT2D eigenvalue weighted by Crippen LogP contribution is -2.27. The van der Waals surface area contributed by atoms with E-state index in [-0.39, 0.29) is 13.2 Å². The van der Waals surface area contributed by atoms with E-state index in [1.54, 1.807) is 0 Å². The fourth-order valence-electron chi connectivity index (χ4n) is 0.411. The number of rotatable bonds is 7. The van der Waals surface area contributed by atoms with Gasteiger partial charge in [-0.15, -0.1) is 0 Å². The first-order chi connectivity index (χ1) is 6.70. The summed E-state index contributed by atoms with van der Waals surface area (Å²) in [4.78, 5) is 30.3. The number of nitrogens with one attached hydrogen (secondary N) is 2. The van der Waals surface area contributed by atoms with Crippen molar-refractivity contribution >= 4 is 11.8 Å². The van der Waals surface area contributed by atoms with Crippen LogP contribution in [0.5, 0.6) is 0 Å². The monoisotopic (exact) mass is 200 g/mol. The number of carbonyl (C=O) groups excluding carboxylic acids is 2. The molecule has 6 nitrogen and oxygen atoms in total. The molecule has 6 heteroatoms. The minimum Gasteiger partial charge on any atom is -0.271 e. The highest BCUT2D eigenvalue weighted by molar-refractivity contribution is 5.86. The average molecular weight is 200 g/mol. The molecule has 2 amide bonds. The van der Waals surface area contributed by atoms with Gasteiger partial charge in [-0.05, 0) is 12.2 Å². The number of carbonyl (C=O) groups is 2. The zero-order valence-corrected chi connectivity index (χ0v) is 7.62. The second kappa shape index (κ2) is 7.96. The van der Waals surface area contributed by atoms with E-state index in [0.29, 0.717) is 0 Å². The molecule has 0 spiro atoms. The van der Waals surface area contributed by atoms with Crippen LogP contribution < -0.4 is 11.0 Å². The Morgan fingerprint density at radius 1 is 1.00 bits per heavy atom. The highest BCUT2D eigenvalue weighted by Crippen LogP contribution is 1.74. The molecule has 0 radical (unpaired) electrons. The van der Waals surface area contributed by atoms with Crippen LogP contribution in [0.3, 0.4) is 0 Å². The first-order valence-corrected chi connectivity index (χ1v) is 3.79. The van der Waals surface area contributed by atoms with E-state index in [2.05, 4.69) is 33.8 Å². The summed E-state index contributed by atoms with van der Waals surface area (Å²) in [7, 11) is 0. The van der Waals surface area contributed by atoms with Crippen molar-refractivity contribution in [3.05, 3.63) is 25.3 Å². The van der Waals surface area contributed by atoms with Gasteiger partial charge in [0.2, 0.25) is 0 Å². The molecule has 0 atom stereocenters. The van der Waals surface area contributed by atoms with Crippen molar-refractivity contribution in [2.75, 3.05) is 13.2 Å². The molecule has 14 heavy (non-hydrogen) atoms. The molecule has 0 aromatic heterocycles. The lowest BCUT2D eigenvalue weighted by molar-refractivity contribution is -0.136. The van der Waals surface area contributed by atoms with Crippen molar-refractivity contribution < 1.29 is 19.3 Å². The minimum absolute atomic E-state index is 0.108. The smallest absolute Gasteiger partial charge is 0.266 e. The molecule has 0 aliphatic carbocycles. The van der Waals surface area contributed by atoms with Crippen molar-refractivity contribution in [1.29, 1.82) is 0 Å². The predicted molar refractivity (Wildman–Crippen MR) is 48.6 cm³/mol. The van der Waals surface area contributed by atoms with Gasteiger partial charge in [-0.3, -0.25) is 19.3 Å². The molecule has 0 heterocycles. The number of hydrogen-bond acceptors (Lipinski definition) is 4. The van der Waals surface area contributed by atoms with Gasteiger partial charge < -0.3 is 0 Å². The van der Waals surface area contributed by atoms with E-state index >= 15 is 0 Å². The molecule has 0 aliphatic rings. The molecule has 0 aliphatic heterocycles. The maximum atomic E-state index is 10.5. The summed E-state index contributed by atoms with van der Waals surface area (Å²) < 4.78 is 0. The van der Waals surface area contributed by atoms with Crippen molar-refractivity contribution in [2.45, 2.75) is 0 Å². The van der Waals surface area contributed by atoms with Crippen LogP contribution in [-0.2, 0) is 19.3 Å². The largest absolute Gasteiger partial charge is 0.271 e. The molecule has 0 fully saturated rings. The molecular formula is C8H12N2O4. The number of amides is 2. The molecule has 78 valence electrons. The van der Waals surface area contributed by atoms with Gasteiger partial charge in [-0.2, -0.15) is 0 Å². The van der Waals surface area contributed by atoms with Gasteiger partial charge >= 0.3 is 0 Å². The second-order valence-corrected chi connectivity index (χ2v) is 2.04. The summed E-state index contributed by atoms with van der Waals surface area (Å²) in [6, 6.07) is 0. The molecule has 0 unspecified atom stereocenters. The fourth-order valence-corrected chi connectivity index (χ4v) is 0.411. The van der Waals surface area contributed by atoms with Gasteiger partial charge in [0.25, 0.3) is 11.8 Å². The van der Waals surface area contributed by atoms with Crippen LogP contribution in [0.4, 0.5) is 0 Å². The van der Waals surface area contributed by atoms with E-state index in [4.69, 9.17) is 0 Å². The minimum atomic E-state index is -0.444. The Labute approximate surface area is 81.5 Å². The van der Waals surface area contributed by atoms with E-state index in [9.17, 15) is 9.59 Å². The summed E-state index contributed by atoms with van der Waals surface area (Å²) in [5.41, 5.74) is 4.13. The van der Waals surface area contributed by atoms with Crippen LogP contribution in [0, 0.1) is 0 Å². The van der Waals surface area contributed by atoms with Gasteiger partial charge in [-0.25, -0.2) is 11.0 Å². The molecule has 0 bridgehead atoms. The fraction of sp³-hybridized carbons (Fsp3) is 0.250. The number of hydrogen-bond donors (Lipinski definition) is 2. The van der Waals surface area contributed by atoms with E-state index < -0.39 is 11.8 Å². The Morgan fingerprint density at radius 2 is 1.36 bits per heavy atom. The standard InChI is InChI=1S/C8H12N2O4/c1-3-7(11)9-13-5-6-14-10-8(12)4-2/h3-4H,1-2,5-6H2,(H,9,11)(H,10,12). The average Bonchev–Trinajstić information content (AvgIpc) is 2.22. The van der Waals surface area contributed by atoms with E-state index in [1.165, 1.54) is 0 Å². The SMILES string of the molecule is C=CC(=O)NOCCONC(=O)C=C. The van der Waals surface area contributed by atoms with Crippen molar-refractivity contribution in [2.24, 2.45) is 0 Å². The van der Waals surface area contributed by atoms with Gasteiger partial charge in [0.15, 0.2) is 0 Å².